The van der Waals surface area contributed by atoms with Crippen LogP contribution >= 0.6 is 0 Å². The smallest absolute Gasteiger partial charge is 0.317 e. The zero-order valence-corrected chi connectivity index (χ0v) is 39.6. The molecule has 27 heteroatoms. The first kappa shape index (κ1) is 61.0. The van der Waals surface area contributed by atoms with E-state index in [1.165, 1.54) is 60.7 Å². The topological polar surface area (TPSA) is 433 Å². The van der Waals surface area contributed by atoms with Crippen LogP contribution in [0.3, 0.4) is 0 Å². The first-order valence-electron chi connectivity index (χ1n) is 22.6. The minimum atomic E-state index is -1.80. The third-order valence-corrected chi connectivity index (χ3v) is 11.4. The van der Waals surface area contributed by atoms with Gasteiger partial charge in [-0.15, -0.1) is 0 Å². The second-order valence-corrected chi connectivity index (χ2v) is 17.0. The second kappa shape index (κ2) is 26.0. The Morgan fingerprint density at radius 2 is 0.911 bits per heavy atom. The number of hydrogen-bond donors (Lipinski definition) is 11. The lowest BCUT2D eigenvalue weighted by atomic mass is 9.99. The summed E-state index contributed by atoms with van der Waals surface area (Å²) in [6, 6.07) is 18.5. The van der Waals surface area contributed by atoms with Crippen molar-refractivity contribution in [3.8, 4) is 57.1 Å². The van der Waals surface area contributed by atoms with E-state index in [0.717, 1.165) is 31.2 Å². The minimum absolute atomic E-state index is 0. The van der Waals surface area contributed by atoms with Gasteiger partial charge in [0.2, 0.25) is 12.6 Å². The summed E-state index contributed by atoms with van der Waals surface area (Å²) >= 11 is 0. The van der Waals surface area contributed by atoms with Gasteiger partial charge in [-0.1, -0.05) is 14.9 Å². The number of phenols is 4. The highest BCUT2D eigenvalue weighted by Gasteiger charge is 2.49. The third-order valence-electron chi connectivity index (χ3n) is 11.4. The van der Waals surface area contributed by atoms with Crippen molar-refractivity contribution in [2.24, 2.45) is 0 Å². The molecule has 4 aromatic carbocycles. The van der Waals surface area contributed by atoms with Crippen molar-refractivity contribution in [1.29, 1.82) is 0 Å². The van der Waals surface area contributed by atoms with Gasteiger partial charge in [0.05, 0.1) is 0 Å². The van der Waals surface area contributed by atoms with Gasteiger partial charge in [0.25, 0.3) is 0 Å². The number of hydrogen-bond acceptors (Lipinski definition) is 25. The lowest BCUT2D eigenvalue weighted by Crippen LogP contribution is -2.61. The van der Waals surface area contributed by atoms with Gasteiger partial charge in [-0.3, -0.25) is 33.6 Å². The highest BCUT2D eigenvalue weighted by Crippen LogP contribution is 2.36. The molecule has 10 unspecified atom stereocenters. The van der Waals surface area contributed by atoms with Crippen LogP contribution in [0.2, 0.25) is 0 Å². The summed E-state index contributed by atoms with van der Waals surface area (Å²) in [6.45, 7) is -0.294. The fraction of sp³-hybridized carbons (Fsp3) is 0.327. The number of carboxylic acids is 2. The van der Waals surface area contributed by atoms with Crippen molar-refractivity contribution >= 4 is 51.8 Å². The van der Waals surface area contributed by atoms with Crippen LogP contribution in [-0.4, -0.2) is 161 Å². The third kappa shape index (κ3) is 14.8. The van der Waals surface area contributed by atoms with Crippen LogP contribution in [0.5, 0.6) is 34.5 Å². The van der Waals surface area contributed by atoms with Gasteiger partial charge in [-0.05, 0) is 48.5 Å². The number of carboxylic acid groups (broad SMARTS) is 2. The van der Waals surface area contributed by atoms with Gasteiger partial charge in [0.15, 0.2) is 23.1 Å². The molecule has 4 heterocycles. The Bertz CT molecular complexity index is 3280. The van der Waals surface area contributed by atoms with Crippen molar-refractivity contribution < 1.29 is 122 Å². The van der Waals surface area contributed by atoms with Crippen molar-refractivity contribution in [3.05, 3.63) is 105 Å². The SMILES string of the molecule is C.C.CC(=O)OC1C(O)C(COC(=O)CC(=O)O)OC(Oc2cc(O)c3c(=O)cc(-c4ccc(O)cc4)oc3c2)C1O.O=C(O)CC(=O)OCC1OC(Oc2cc(O)c3c(=O)cc(-c4ccc(O)cc4)oc3c2)C(O)C(O)C1O. The Kier molecular flexibility index (Phi) is 20.1. The molecular formula is C52H54O27. The van der Waals surface area contributed by atoms with Gasteiger partial charge >= 0.3 is 29.8 Å². The minimum Gasteiger partial charge on any atom is -0.508 e. The van der Waals surface area contributed by atoms with E-state index in [-0.39, 0.29) is 71.3 Å². The van der Waals surface area contributed by atoms with Gasteiger partial charge in [0, 0.05) is 54.4 Å². The zero-order valence-electron chi connectivity index (χ0n) is 39.6. The largest absolute Gasteiger partial charge is 0.508 e. The molecule has 2 aliphatic heterocycles. The van der Waals surface area contributed by atoms with E-state index < -0.39 is 140 Å². The van der Waals surface area contributed by atoms with Gasteiger partial charge in [-0.25, -0.2) is 0 Å². The molecule has 0 amide bonds. The highest BCUT2D eigenvalue weighted by molar-refractivity contribution is 5.91. The van der Waals surface area contributed by atoms with E-state index in [1.54, 1.807) is 0 Å². The molecule has 27 nitrogen and oxygen atoms in total. The molecule has 79 heavy (non-hydrogen) atoms. The first-order valence-corrected chi connectivity index (χ1v) is 22.6. The normalized spacial score (nSPS) is 22.4. The Hall–Kier alpha value is -8.83. The van der Waals surface area contributed by atoms with E-state index in [2.05, 4.69) is 0 Å². The number of fused-ring (bicyclic) bond motifs is 2. The van der Waals surface area contributed by atoms with E-state index in [9.17, 15) is 79.5 Å². The average molecular weight is 1110 g/mol. The first-order chi connectivity index (χ1) is 36.4. The van der Waals surface area contributed by atoms with E-state index >= 15 is 0 Å². The maximum Gasteiger partial charge on any atom is 0.317 e. The Labute approximate surface area is 444 Å². The molecule has 8 rings (SSSR count). The summed E-state index contributed by atoms with van der Waals surface area (Å²) in [4.78, 5) is 81.4. The number of carbonyl (C=O) groups excluding carboxylic acids is 3. The molecule has 0 saturated carbocycles. The van der Waals surface area contributed by atoms with Crippen LogP contribution in [0.1, 0.15) is 34.6 Å². The summed E-state index contributed by atoms with van der Waals surface area (Å²) in [7, 11) is 0. The lowest BCUT2D eigenvalue weighted by Gasteiger charge is -2.41. The molecule has 2 saturated heterocycles. The molecule has 424 valence electrons. The van der Waals surface area contributed by atoms with Gasteiger partial charge in [0.1, 0.15) is 131 Å². The molecule has 2 aromatic heterocycles. The van der Waals surface area contributed by atoms with Gasteiger partial charge in [-0.2, -0.15) is 0 Å². The average Bonchev–Trinajstić information content (AvgIpc) is 3.41. The summed E-state index contributed by atoms with van der Waals surface area (Å²) in [5.41, 5.74) is -0.423. The van der Waals surface area contributed by atoms with Crippen LogP contribution in [0.25, 0.3) is 44.6 Å². The van der Waals surface area contributed by atoms with E-state index in [4.69, 9.17) is 52.2 Å². The summed E-state index contributed by atoms with van der Waals surface area (Å²) < 4.78 is 48.2. The number of esters is 3. The van der Waals surface area contributed by atoms with Crippen LogP contribution < -0.4 is 20.3 Å². The van der Waals surface area contributed by atoms with Crippen molar-refractivity contribution in [2.75, 3.05) is 13.2 Å². The molecule has 0 spiro atoms. The zero-order chi connectivity index (χ0) is 56.0. The maximum atomic E-state index is 12.7. The highest BCUT2D eigenvalue weighted by atomic mass is 16.7. The second-order valence-electron chi connectivity index (χ2n) is 17.0. The van der Waals surface area contributed by atoms with Crippen LogP contribution in [-0.2, 0) is 47.7 Å². The monoisotopic (exact) mass is 1110 g/mol. The van der Waals surface area contributed by atoms with Crippen LogP contribution in [0.4, 0.5) is 0 Å². The van der Waals surface area contributed by atoms with E-state index in [1.807, 2.05) is 0 Å². The molecule has 6 aromatic rings. The number of carbonyl (C=O) groups is 5. The summed E-state index contributed by atoms with van der Waals surface area (Å²) in [5.74, 6) is -7.08. The van der Waals surface area contributed by atoms with E-state index in [0.29, 0.717) is 11.1 Å². The van der Waals surface area contributed by atoms with Crippen LogP contribution in [0.15, 0.2) is 103 Å². The fourth-order valence-electron chi connectivity index (χ4n) is 7.75. The standard InChI is InChI=1S/C26H24O14.C24H22O13.2CH4/c1-11(27)37-25-23(34)19(10-36-21(33)9-20(31)32)40-26(24(25)35)38-14-6-15(29)22-16(30)8-17(39-18(22)7-14)12-2-4-13(28)5-3-12;25-11-3-1-10(2-4-11)15-7-14(27)20-13(26)5-12(6-16(20)36-15)35-24-23(33)22(32)21(31)17(37-24)9-34-19(30)8-18(28)29;;/h2-8,19,23-26,28-29,34-35H,9-10H2,1H3,(H,31,32);1-7,17,21-26,31-33H,8-9H2,(H,28,29);2*1H4. The number of ether oxygens (including phenoxy) is 7. The fourth-order valence-corrected chi connectivity index (χ4v) is 7.75. The van der Waals surface area contributed by atoms with Gasteiger partial charge < -0.3 is 98.2 Å². The molecule has 10 atom stereocenters. The maximum absolute atomic E-state index is 12.7. The van der Waals surface area contributed by atoms with Crippen molar-refractivity contribution in [3.63, 3.8) is 0 Å². The Morgan fingerprint density at radius 1 is 0.519 bits per heavy atom. The van der Waals surface area contributed by atoms with Crippen LogP contribution in [0, 0.1) is 0 Å². The summed E-state index contributed by atoms with van der Waals surface area (Å²) in [6.07, 6.45) is -18.4. The summed E-state index contributed by atoms with van der Waals surface area (Å²) in [5, 5.41) is 109. The predicted octanol–water partition coefficient (Wildman–Crippen LogP) is 1.99. The number of benzene rings is 4. The molecule has 2 fully saturated rings. The predicted molar refractivity (Wildman–Crippen MR) is 267 cm³/mol. The molecule has 0 bridgehead atoms. The lowest BCUT2D eigenvalue weighted by molar-refractivity contribution is -0.282. The Balaban J connectivity index is 0.000000284. The number of aliphatic carboxylic acids is 2. The molecule has 0 radical (unpaired) electrons. The Morgan fingerprint density at radius 3 is 1.30 bits per heavy atom. The number of aliphatic hydroxyl groups is 5. The molecule has 11 N–H and O–H groups in total. The van der Waals surface area contributed by atoms with Crippen molar-refractivity contribution in [1.82, 2.24) is 0 Å². The molecule has 0 aliphatic carbocycles. The van der Waals surface area contributed by atoms with Crippen molar-refractivity contribution in [2.45, 2.75) is 96.0 Å². The number of phenolic OH excluding ortho intramolecular Hbond substituents is 4. The quantitative estimate of drug-likeness (QED) is 0.0398. The number of aromatic hydroxyl groups is 4. The molecule has 2 aliphatic rings. The number of rotatable bonds is 15. The molecular weight excluding hydrogens is 1060 g/mol. The number of aliphatic hydroxyl groups excluding tert-OH is 5.